The Bertz CT molecular complexity index is 874. The summed E-state index contributed by atoms with van der Waals surface area (Å²) in [6, 6.07) is 21.3. The van der Waals surface area contributed by atoms with E-state index in [1.165, 1.54) is 33.9 Å². The number of unbranched alkanes of at least 4 members (excludes halogenated alkanes) is 1. The first-order valence-electron chi connectivity index (χ1n) is 10.8. The van der Waals surface area contributed by atoms with E-state index in [-0.39, 0.29) is 0 Å². The van der Waals surface area contributed by atoms with E-state index in [1.54, 1.807) is 0 Å². The first-order chi connectivity index (χ1) is 14.3. The fraction of sp³-hybridized carbons (Fsp3) is 0.385. The van der Waals surface area contributed by atoms with Crippen molar-refractivity contribution in [2.24, 2.45) is 0 Å². The van der Waals surface area contributed by atoms with Crippen LogP contribution in [-0.2, 0) is 17.9 Å². The molecule has 0 saturated heterocycles. The van der Waals surface area contributed by atoms with Crippen molar-refractivity contribution in [3.05, 3.63) is 77.4 Å². The van der Waals surface area contributed by atoms with Crippen molar-refractivity contribution in [3.8, 4) is 5.75 Å². The zero-order chi connectivity index (χ0) is 20.3. The molecule has 1 N–H and O–H groups in total. The van der Waals surface area contributed by atoms with Crippen LogP contribution in [-0.4, -0.2) is 19.8 Å². The summed E-state index contributed by atoms with van der Waals surface area (Å²) in [4.78, 5) is 0. The average molecular weight is 392 g/mol. The monoisotopic (exact) mass is 391 g/mol. The van der Waals surface area contributed by atoms with Crippen LogP contribution in [0.1, 0.15) is 42.9 Å². The Morgan fingerprint density at radius 1 is 0.862 bits per heavy atom. The largest absolute Gasteiger partial charge is 0.489 e. The quantitative estimate of drug-likeness (QED) is 0.383. The van der Waals surface area contributed by atoms with Gasteiger partial charge in [-0.1, -0.05) is 73.5 Å². The smallest absolute Gasteiger partial charge is 0.124 e. The number of ether oxygens (including phenoxy) is 2. The van der Waals surface area contributed by atoms with Crippen molar-refractivity contribution in [3.63, 3.8) is 0 Å². The summed E-state index contributed by atoms with van der Waals surface area (Å²) in [6.07, 6.45) is 3.35. The molecular weight excluding hydrogens is 358 g/mol. The number of benzene rings is 3. The Morgan fingerprint density at radius 3 is 2.48 bits per heavy atom. The van der Waals surface area contributed by atoms with E-state index in [0.29, 0.717) is 6.61 Å². The van der Waals surface area contributed by atoms with Crippen LogP contribution in [0.25, 0.3) is 10.8 Å². The molecule has 0 spiro atoms. The van der Waals surface area contributed by atoms with Gasteiger partial charge < -0.3 is 14.8 Å². The molecule has 0 aliphatic carbocycles. The van der Waals surface area contributed by atoms with Crippen LogP contribution in [0.3, 0.4) is 0 Å². The van der Waals surface area contributed by atoms with Crippen LogP contribution in [0.4, 0.5) is 0 Å². The second-order valence-electron chi connectivity index (χ2n) is 7.53. The molecule has 3 nitrogen and oxygen atoms in total. The number of hydrogen-bond acceptors (Lipinski definition) is 3. The van der Waals surface area contributed by atoms with Gasteiger partial charge in [0, 0.05) is 25.3 Å². The molecule has 0 amide bonds. The van der Waals surface area contributed by atoms with Crippen molar-refractivity contribution < 1.29 is 9.47 Å². The predicted octanol–water partition coefficient (Wildman–Crippen LogP) is 6.02. The molecule has 29 heavy (non-hydrogen) atoms. The summed E-state index contributed by atoms with van der Waals surface area (Å²) in [6.45, 7) is 8.29. The van der Waals surface area contributed by atoms with Crippen molar-refractivity contribution >= 4 is 10.8 Å². The highest BCUT2D eigenvalue weighted by Gasteiger charge is 2.09. The lowest BCUT2D eigenvalue weighted by Crippen LogP contribution is -2.17. The molecule has 0 bridgehead atoms. The zero-order valence-electron chi connectivity index (χ0n) is 17.7. The van der Waals surface area contributed by atoms with E-state index < -0.39 is 0 Å². The highest BCUT2D eigenvalue weighted by Crippen LogP contribution is 2.28. The molecule has 3 rings (SSSR count). The highest BCUT2D eigenvalue weighted by molar-refractivity contribution is 5.87. The van der Waals surface area contributed by atoms with Gasteiger partial charge in [0.1, 0.15) is 12.4 Å². The molecule has 0 heterocycles. The molecule has 0 atom stereocenters. The minimum Gasteiger partial charge on any atom is -0.489 e. The Labute approximate surface area is 175 Å². The van der Waals surface area contributed by atoms with Gasteiger partial charge in [-0.05, 0) is 48.7 Å². The summed E-state index contributed by atoms with van der Waals surface area (Å²) >= 11 is 0. The SMILES string of the molecule is CCCCOCCCNCc1c(OCc2ccc(C)cc2)ccc2ccccc12. The fourth-order valence-electron chi connectivity index (χ4n) is 3.34. The van der Waals surface area contributed by atoms with Gasteiger partial charge >= 0.3 is 0 Å². The van der Waals surface area contributed by atoms with Gasteiger partial charge in [-0.15, -0.1) is 0 Å². The third-order valence-corrected chi connectivity index (χ3v) is 5.10. The normalized spacial score (nSPS) is 11.1. The predicted molar refractivity (Wildman–Crippen MR) is 122 cm³/mol. The van der Waals surface area contributed by atoms with Crippen LogP contribution in [0, 0.1) is 6.92 Å². The van der Waals surface area contributed by atoms with Gasteiger partial charge in [-0.25, -0.2) is 0 Å². The summed E-state index contributed by atoms with van der Waals surface area (Å²) in [7, 11) is 0. The number of hydrogen-bond donors (Lipinski definition) is 1. The summed E-state index contributed by atoms with van der Waals surface area (Å²) in [5.41, 5.74) is 3.68. The van der Waals surface area contributed by atoms with Crippen molar-refractivity contribution in [2.45, 2.75) is 46.3 Å². The Morgan fingerprint density at radius 2 is 1.66 bits per heavy atom. The fourth-order valence-corrected chi connectivity index (χ4v) is 3.34. The third-order valence-electron chi connectivity index (χ3n) is 5.10. The Kier molecular flexibility index (Phi) is 8.54. The molecule has 0 aromatic heterocycles. The second-order valence-corrected chi connectivity index (χ2v) is 7.53. The van der Waals surface area contributed by atoms with E-state index in [1.807, 2.05) is 0 Å². The minimum atomic E-state index is 0.580. The molecule has 154 valence electrons. The van der Waals surface area contributed by atoms with Crippen LogP contribution in [0.5, 0.6) is 5.75 Å². The van der Waals surface area contributed by atoms with Crippen molar-refractivity contribution in [2.75, 3.05) is 19.8 Å². The topological polar surface area (TPSA) is 30.5 Å². The lowest BCUT2D eigenvalue weighted by atomic mass is 10.0. The van der Waals surface area contributed by atoms with Gasteiger partial charge in [-0.2, -0.15) is 0 Å². The first kappa shape index (κ1) is 21.4. The highest BCUT2D eigenvalue weighted by atomic mass is 16.5. The van der Waals surface area contributed by atoms with Gasteiger partial charge in [0.05, 0.1) is 0 Å². The van der Waals surface area contributed by atoms with E-state index >= 15 is 0 Å². The summed E-state index contributed by atoms with van der Waals surface area (Å²) in [5, 5.41) is 6.07. The number of fused-ring (bicyclic) bond motifs is 1. The number of nitrogens with one attached hydrogen (secondary N) is 1. The van der Waals surface area contributed by atoms with Crippen LogP contribution < -0.4 is 10.1 Å². The standard InChI is InChI=1S/C26H33NO2/c1-3-4-17-28-18-7-16-27-19-25-24-9-6-5-8-23(24)14-15-26(25)29-20-22-12-10-21(2)11-13-22/h5-6,8-15,27H,3-4,7,16-20H2,1-2H3. The Hall–Kier alpha value is -2.36. The van der Waals surface area contributed by atoms with E-state index in [0.717, 1.165) is 44.9 Å². The van der Waals surface area contributed by atoms with E-state index in [9.17, 15) is 0 Å². The maximum atomic E-state index is 6.23. The number of aryl methyl sites for hydroxylation is 1. The van der Waals surface area contributed by atoms with Gasteiger partial charge in [0.15, 0.2) is 0 Å². The van der Waals surface area contributed by atoms with Crippen LogP contribution >= 0.6 is 0 Å². The number of rotatable bonds is 12. The molecule has 3 aromatic carbocycles. The lowest BCUT2D eigenvalue weighted by molar-refractivity contribution is 0.128. The molecule has 3 heteroatoms. The molecule has 0 saturated carbocycles. The van der Waals surface area contributed by atoms with Crippen LogP contribution in [0.2, 0.25) is 0 Å². The molecule has 0 unspecified atom stereocenters. The Balaban J connectivity index is 1.62. The molecule has 3 aromatic rings. The van der Waals surface area contributed by atoms with Gasteiger partial charge in [-0.3, -0.25) is 0 Å². The maximum Gasteiger partial charge on any atom is 0.124 e. The molecule has 0 radical (unpaired) electrons. The van der Waals surface area contributed by atoms with Crippen molar-refractivity contribution in [1.82, 2.24) is 5.32 Å². The van der Waals surface area contributed by atoms with E-state index in [2.05, 4.69) is 79.8 Å². The average Bonchev–Trinajstić information content (AvgIpc) is 2.75. The van der Waals surface area contributed by atoms with Gasteiger partial charge in [0.25, 0.3) is 0 Å². The van der Waals surface area contributed by atoms with Gasteiger partial charge in [0.2, 0.25) is 0 Å². The zero-order valence-corrected chi connectivity index (χ0v) is 17.7. The third kappa shape index (κ3) is 6.59. The minimum absolute atomic E-state index is 0.580. The molecule has 0 aliphatic heterocycles. The van der Waals surface area contributed by atoms with E-state index in [4.69, 9.17) is 9.47 Å². The maximum absolute atomic E-state index is 6.23. The lowest BCUT2D eigenvalue weighted by Gasteiger charge is -2.15. The van der Waals surface area contributed by atoms with Crippen LogP contribution in [0.15, 0.2) is 60.7 Å². The summed E-state index contributed by atoms with van der Waals surface area (Å²) in [5.74, 6) is 0.955. The molecule has 0 fully saturated rings. The molecular formula is C26H33NO2. The summed E-state index contributed by atoms with van der Waals surface area (Å²) < 4.78 is 11.9. The molecule has 0 aliphatic rings. The second kappa shape index (κ2) is 11.6. The van der Waals surface area contributed by atoms with Crippen molar-refractivity contribution in [1.29, 1.82) is 0 Å². The first-order valence-corrected chi connectivity index (χ1v) is 10.8.